The average Bonchev–Trinajstić information content (AvgIpc) is 2.47. The van der Waals surface area contributed by atoms with Gasteiger partial charge < -0.3 is 9.47 Å². The smallest absolute Gasteiger partial charge is 0.122 e. The molecule has 0 saturated carbocycles. The Morgan fingerprint density at radius 1 is 1.21 bits per heavy atom. The molecule has 1 heterocycles. The van der Waals surface area contributed by atoms with Crippen LogP contribution in [0.4, 0.5) is 0 Å². The topological polar surface area (TPSA) is 21.7 Å². The van der Waals surface area contributed by atoms with Crippen molar-refractivity contribution in [1.82, 2.24) is 4.90 Å². The van der Waals surface area contributed by atoms with Crippen LogP contribution in [0.5, 0.6) is 5.75 Å². The van der Waals surface area contributed by atoms with Crippen molar-refractivity contribution in [3.05, 3.63) is 29.8 Å². The van der Waals surface area contributed by atoms with Crippen molar-refractivity contribution in [2.24, 2.45) is 0 Å². The Kier molecular flexibility index (Phi) is 6.68. The maximum absolute atomic E-state index is 5.75. The molecule has 0 atom stereocenters. The summed E-state index contributed by atoms with van der Waals surface area (Å²) in [6.07, 6.45) is 2.25. The lowest BCUT2D eigenvalue weighted by molar-refractivity contribution is 0.0374. The Morgan fingerprint density at radius 2 is 2.00 bits per heavy atom. The zero-order valence-electron chi connectivity index (χ0n) is 11.3. The minimum Gasteiger partial charge on any atom is -0.492 e. The highest BCUT2D eigenvalue weighted by Gasteiger charge is 2.10. The van der Waals surface area contributed by atoms with Gasteiger partial charge in [0, 0.05) is 18.4 Å². The molecule has 2 rings (SSSR count). The van der Waals surface area contributed by atoms with Crippen molar-refractivity contribution < 1.29 is 9.47 Å². The highest BCUT2D eigenvalue weighted by molar-refractivity contribution is 9.09. The van der Waals surface area contributed by atoms with Gasteiger partial charge in [0.1, 0.15) is 5.75 Å². The number of nitrogens with zero attached hydrogens (tertiary/aromatic N) is 1. The second-order valence-corrected chi connectivity index (χ2v) is 5.50. The number of halogens is 1. The average molecular weight is 328 g/mol. The molecule has 19 heavy (non-hydrogen) atoms. The number of hydrogen-bond donors (Lipinski definition) is 0. The van der Waals surface area contributed by atoms with Crippen LogP contribution in [0.25, 0.3) is 0 Å². The van der Waals surface area contributed by atoms with E-state index in [-0.39, 0.29) is 0 Å². The van der Waals surface area contributed by atoms with Crippen molar-refractivity contribution in [2.45, 2.75) is 12.8 Å². The van der Waals surface area contributed by atoms with Crippen LogP contribution in [0, 0.1) is 0 Å². The summed E-state index contributed by atoms with van der Waals surface area (Å²) < 4.78 is 11.1. The molecule has 1 aliphatic rings. The summed E-state index contributed by atoms with van der Waals surface area (Å²) in [6.45, 7) is 5.77. The third kappa shape index (κ3) is 5.13. The number of para-hydroxylation sites is 1. The van der Waals surface area contributed by atoms with E-state index in [1.165, 1.54) is 12.0 Å². The van der Waals surface area contributed by atoms with E-state index in [2.05, 4.69) is 39.0 Å². The Bertz CT molecular complexity index is 367. The lowest BCUT2D eigenvalue weighted by atomic mass is 10.1. The molecule has 0 bridgehead atoms. The van der Waals surface area contributed by atoms with Crippen molar-refractivity contribution in [3.8, 4) is 5.75 Å². The quantitative estimate of drug-likeness (QED) is 0.719. The van der Waals surface area contributed by atoms with Crippen molar-refractivity contribution in [3.63, 3.8) is 0 Å². The van der Waals surface area contributed by atoms with Gasteiger partial charge >= 0.3 is 0 Å². The van der Waals surface area contributed by atoms with Gasteiger partial charge in [-0.15, -0.1) is 0 Å². The summed E-state index contributed by atoms with van der Waals surface area (Å²) in [7, 11) is 0. The van der Waals surface area contributed by atoms with Crippen LogP contribution in [-0.2, 0) is 11.2 Å². The summed E-state index contributed by atoms with van der Waals surface area (Å²) in [5.41, 5.74) is 1.32. The molecule has 0 N–H and O–H groups in total. The molecule has 106 valence electrons. The van der Waals surface area contributed by atoms with Crippen LogP contribution in [0.3, 0.4) is 0 Å². The summed E-state index contributed by atoms with van der Waals surface area (Å²) in [6, 6.07) is 8.36. The van der Waals surface area contributed by atoms with Crippen molar-refractivity contribution >= 4 is 15.9 Å². The first kappa shape index (κ1) is 14.8. The number of alkyl halides is 1. The molecule has 1 fully saturated rings. The molecule has 1 aromatic carbocycles. The summed E-state index contributed by atoms with van der Waals surface area (Å²) in [5.74, 6) is 1.03. The van der Waals surface area contributed by atoms with Crippen molar-refractivity contribution in [1.29, 1.82) is 0 Å². The maximum Gasteiger partial charge on any atom is 0.122 e. The zero-order chi connectivity index (χ0) is 13.3. The number of hydrogen-bond acceptors (Lipinski definition) is 3. The van der Waals surface area contributed by atoms with E-state index < -0.39 is 0 Å². The first-order chi connectivity index (χ1) is 9.40. The fourth-order valence-corrected chi connectivity index (χ4v) is 2.48. The highest BCUT2D eigenvalue weighted by atomic mass is 79.9. The standard InChI is InChI=1S/C15H22BrNO2/c16-7-11-19-15-6-2-1-4-14(15)5-3-8-17-9-12-18-13-10-17/h1-2,4,6H,3,5,7-13H2. The van der Waals surface area contributed by atoms with Crippen molar-refractivity contribution in [2.75, 3.05) is 44.8 Å². The molecule has 0 spiro atoms. The van der Waals surface area contributed by atoms with Crippen LogP contribution in [-0.4, -0.2) is 49.7 Å². The van der Waals surface area contributed by atoms with Crippen LogP contribution >= 0.6 is 15.9 Å². The SMILES string of the molecule is BrCCOc1ccccc1CCCN1CCOCC1. The predicted molar refractivity (Wildman–Crippen MR) is 81.3 cm³/mol. The molecule has 4 heteroatoms. The molecular weight excluding hydrogens is 306 g/mol. The molecule has 1 aliphatic heterocycles. The monoisotopic (exact) mass is 327 g/mol. The van der Waals surface area contributed by atoms with E-state index in [0.29, 0.717) is 0 Å². The van der Waals surface area contributed by atoms with Gasteiger partial charge in [-0.2, -0.15) is 0 Å². The molecule has 0 aliphatic carbocycles. The first-order valence-electron chi connectivity index (χ1n) is 6.97. The first-order valence-corrected chi connectivity index (χ1v) is 8.09. The van der Waals surface area contributed by atoms with Gasteiger partial charge in [-0.25, -0.2) is 0 Å². The molecule has 3 nitrogen and oxygen atoms in total. The van der Waals surface area contributed by atoms with E-state index in [9.17, 15) is 0 Å². The van der Waals surface area contributed by atoms with E-state index >= 15 is 0 Å². The van der Waals surface area contributed by atoms with E-state index in [0.717, 1.165) is 57.0 Å². The molecule has 0 aromatic heterocycles. The number of benzene rings is 1. The van der Waals surface area contributed by atoms with Gasteiger partial charge in [0.2, 0.25) is 0 Å². The van der Waals surface area contributed by atoms with E-state index in [4.69, 9.17) is 9.47 Å². The van der Waals surface area contributed by atoms with Gasteiger partial charge in [0.15, 0.2) is 0 Å². The normalized spacial score (nSPS) is 16.5. The number of morpholine rings is 1. The van der Waals surface area contributed by atoms with Crippen LogP contribution in [0.1, 0.15) is 12.0 Å². The van der Waals surface area contributed by atoms with E-state index in [1.54, 1.807) is 0 Å². The Balaban J connectivity index is 1.77. The second-order valence-electron chi connectivity index (χ2n) is 4.70. The van der Waals surface area contributed by atoms with Crippen LogP contribution in [0.2, 0.25) is 0 Å². The van der Waals surface area contributed by atoms with Gasteiger partial charge in [0.25, 0.3) is 0 Å². The molecule has 1 aromatic rings. The molecule has 0 amide bonds. The fourth-order valence-electron chi connectivity index (χ4n) is 2.32. The van der Waals surface area contributed by atoms with Gasteiger partial charge in [-0.05, 0) is 31.0 Å². The fraction of sp³-hybridized carbons (Fsp3) is 0.600. The molecule has 0 unspecified atom stereocenters. The lowest BCUT2D eigenvalue weighted by Gasteiger charge is -2.26. The van der Waals surface area contributed by atoms with Crippen LogP contribution < -0.4 is 4.74 Å². The van der Waals surface area contributed by atoms with Gasteiger partial charge in [-0.1, -0.05) is 34.1 Å². The Hall–Kier alpha value is -0.580. The second kappa shape index (κ2) is 8.56. The third-order valence-electron chi connectivity index (χ3n) is 3.33. The number of aryl methyl sites for hydroxylation is 1. The summed E-state index contributed by atoms with van der Waals surface area (Å²) in [4.78, 5) is 2.48. The predicted octanol–water partition coefficient (Wildman–Crippen LogP) is 2.73. The number of rotatable bonds is 7. The molecular formula is C15H22BrNO2. The maximum atomic E-state index is 5.75. The minimum absolute atomic E-state index is 0.723. The summed E-state index contributed by atoms with van der Waals surface area (Å²) in [5, 5.41) is 0.870. The zero-order valence-corrected chi connectivity index (χ0v) is 12.9. The molecule has 0 radical (unpaired) electrons. The van der Waals surface area contributed by atoms with Gasteiger partial charge in [-0.3, -0.25) is 4.90 Å². The van der Waals surface area contributed by atoms with Crippen LogP contribution in [0.15, 0.2) is 24.3 Å². The van der Waals surface area contributed by atoms with E-state index in [1.807, 2.05) is 6.07 Å². The largest absolute Gasteiger partial charge is 0.492 e. The Morgan fingerprint density at radius 3 is 2.79 bits per heavy atom. The Labute approximate surface area is 124 Å². The third-order valence-corrected chi connectivity index (χ3v) is 3.66. The summed E-state index contributed by atoms with van der Waals surface area (Å²) >= 11 is 3.39. The van der Waals surface area contributed by atoms with Gasteiger partial charge in [0.05, 0.1) is 19.8 Å². The number of ether oxygens (including phenoxy) is 2. The highest BCUT2D eigenvalue weighted by Crippen LogP contribution is 2.19. The molecule has 1 saturated heterocycles. The lowest BCUT2D eigenvalue weighted by Crippen LogP contribution is -2.36. The minimum atomic E-state index is 0.723.